The average Bonchev–Trinajstić information content (AvgIpc) is 2.57. The maximum absolute atomic E-state index is 12.4. The van der Waals surface area contributed by atoms with Gasteiger partial charge in [-0.1, -0.05) is 30.7 Å². The molecule has 0 fully saturated rings. The molecule has 2 aromatic carbocycles. The maximum Gasteiger partial charge on any atom is 0.261 e. The fourth-order valence-electron chi connectivity index (χ4n) is 2.88. The van der Waals surface area contributed by atoms with Crippen molar-refractivity contribution in [1.29, 1.82) is 0 Å². The first-order valence-electron chi connectivity index (χ1n) is 9.11. The van der Waals surface area contributed by atoms with Crippen LogP contribution in [-0.4, -0.2) is 25.2 Å². The zero-order chi connectivity index (χ0) is 19.1. The molecule has 26 heavy (non-hydrogen) atoms. The molecule has 0 saturated heterocycles. The zero-order valence-electron chi connectivity index (χ0n) is 16.4. The Labute approximate surface area is 156 Å². The standard InChI is InChI=1S/C22H29NO3/c1-6-20(26-21-8-7-15(2)12-18(21)5)22(24)23-9-10-25-19-13-16(3)11-17(4)14-19/h7-8,11-14,20H,6,9-10H2,1-5H3,(H,23,24)/t20-/m0/s1. The number of hydrogen-bond acceptors (Lipinski definition) is 3. The molecule has 0 saturated carbocycles. The molecule has 0 aliphatic heterocycles. The number of aryl methyl sites for hydroxylation is 4. The third-order valence-corrected chi connectivity index (χ3v) is 4.13. The van der Waals surface area contributed by atoms with Gasteiger partial charge in [0.1, 0.15) is 18.1 Å². The second-order valence-corrected chi connectivity index (χ2v) is 6.75. The van der Waals surface area contributed by atoms with Crippen LogP contribution in [0.15, 0.2) is 36.4 Å². The van der Waals surface area contributed by atoms with Gasteiger partial charge in [-0.25, -0.2) is 0 Å². The first-order valence-corrected chi connectivity index (χ1v) is 9.11. The van der Waals surface area contributed by atoms with E-state index in [-0.39, 0.29) is 5.91 Å². The molecule has 0 aliphatic carbocycles. The van der Waals surface area contributed by atoms with Crippen LogP contribution in [0.2, 0.25) is 0 Å². The highest BCUT2D eigenvalue weighted by atomic mass is 16.5. The van der Waals surface area contributed by atoms with Crippen LogP contribution >= 0.6 is 0 Å². The Balaban J connectivity index is 1.83. The molecule has 4 heteroatoms. The monoisotopic (exact) mass is 355 g/mol. The van der Waals surface area contributed by atoms with E-state index in [1.165, 1.54) is 5.56 Å². The summed E-state index contributed by atoms with van der Waals surface area (Å²) < 4.78 is 11.6. The highest BCUT2D eigenvalue weighted by molar-refractivity contribution is 5.81. The Morgan fingerprint density at radius 2 is 1.69 bits per heavy atom. The molecule has 0 radical (unpaired) electrons. The second kappa shape index (κ2) is 9.27. The van der Waals surface area contributed by atoms with Gasteiger partial charge in [-0.3, -0.25) is 4.79 Å². The number of benzene rings is 2. The molecule has 0 aromatic heterocycles. The van der Waals surface area contributed by atoms with Crippen molar-refractivity contribution in [2.75, 3.05) is 13.2 Å². The van der Waals surface area contributed by atoms with Gasteiger partial charge < -0.3 is 14.8 Å². The fraction of sp³-hybridized carbons (Fsp3) is 0.409. The zero-order valence-corrected chi connectivity index (χ0v) is 16.4. The van der Waals surface area contributed by atoms with Crippen LogP contribution in [-0.2, 0) is 4.79 Å². The summed E-state index contributed by atoms with van der Waals surface area (Å²) >= 11 is 0. The minimum absolute atomic E-state index is 0.114. The number of ether oxygens (including phenoxy) is 2. The number of nitrogens with one attached hydrogen (secondary N) is 1. The van der Waals surface area contributed by atoms with Crippen LogP contribution in [0.3, 0.4) is 0 Å². The van der Waals surface area contributed by atoms with Gasteiger partial charge in [0.05, 0.1) is 6.54 Å². The summed E-state index contributed by atoms with van der Waals surface area (Å²) in [5.74, 6) is 1.47. The van der Waals surface area contributed by atoms with E-state index in [0.29, 0.717) is 19.6 Å². The van der Waals surface area contributed by atoms with Crippen LogP contribution in [0.4, 0.5) is 0 Å². The number of amides is 1. The van der Waals surface area contributed by atoms with Gasteiger partial charge >= 0.3 is 0 Å². The van der Waals surface area contributed by atoms with Crippen LogP contribution in [0.1, 0.15) is 35.6 Å². The van der Waals surface area contributed by atoms with Gasteiger partial charge in [0.25, 0.3) is 5.91 Å². The number of rotatable bonds is 8. The van der Waals surface area contributed by atoms with Crippen molar-refractivity contribution >= 4 is 5.91 Å². The van der Waals surface area contributed by atoms with Crippen molar-refractivity contribution in [2.24, 2.45) is 0 Å². The van der Waals surface area contributed by atoms with Gasteiger partial charge in [-0.2, -0.15) is 0 Å². The normalized spacial score (nSPS) is 11.7. The molecular formula is C22H29NO3. The van der Waals surface area contributed by atoms with E-state index in [0.717, 1.165) is 28.2 Å². The van der Waals surface area contributed by atoms with Gasteiger partial charge in [0.15, 0.2) is 6.10 Å². The van der Waals surface area contributed by atoms with E-state index in [9.17, 15) is 4.79 Å². The van der Waals surface area contributed by atoms with Crippen molar-refractivity contribution < 1.29 is 14.3 Å². The lowest BCUT2D eigenvalue weighted by atomic mass is 10.1. The van der Waals surface area contributed by atoms with E-state index < -0.39 is 6.10 Å². The molecule has 2 rings (SSSR count). The minimum atomic E-state index is -0.502. The summed E-state index contributed by atoms with van der Waals surface area (Å²) in [6, 6.07) is 12.1. The lowest BCUT2D eigenvalue weighted by molar-refractivity contribution is -0.128. The smallest absolute Gasteiger partial charge is 0.261 e. The molecule has 4 nitrogen and oxygen atoms in total. The van der Waals surface area contributed by atoms with Crippen molar-refractivity contribution in [3.63, 3.8) is 0 Å². The number of carbonyl (C=O) groups excluding carboxylic acids is 1. The molecule has 1 N–H and O–H groups in total. The van der Waals surface area contributed by atoms with Gasteiger partial charge in [0.2, 0.25) is 0 Å². The summed E-state index contributed by atoms with van der Waals surface area (Å²) in [6.45, 7) is 10.9. The van der Waals surface area contributed by atoms with Crippen molar-refractivity contribution in [2.45, 2.75) is 47.1 Å². The molecule has 0 unspecified atom stereocenters. The Morgan fingerprint density at radius 1 is 1.00 bits per heavy atom. The minimum Gasteiger partial charge on any atom is -0.492 e. The first kappa shape index (κ1) is 19.8. The average molecular weight is 355 g/mol. The highest BCUT2D eigenvalue weighted by Crippen LogP contribution is 2.21. The Kier molecular flexibility index (Phi) is 7.07. The van der Waals surface area contributed by atoms with E-state index in [1.54, 1.807) is 0 Å². The van der Waals surface area contributed by atoms with Crippen LogP contribution in [0.5, 0.6) is 11.5 Å². The Morgan fingerprint density at radius 3 is 2.31 bits per heavy atom. The molecule has 0 spiro atoms. The van der Waals surface area contributed by atoms with Gasteiger partial charge in [-0.05, 0) is 69.0 Å². The quantitative estimate of drug-likeness (QED) is 0.719. The molecule has 1 atom stereocenters. The topological polar surface area (TPSA) is 47.6 Å². The second-order valence-electron chi connectivity index (χ2n) is 6.75. The largest absolute Gasteiger partial charge is 0.492 e. The SMILES string of the molecule is CC[C@H](Oc1ccc(C)cc1C)C(=O)NCCOc1cc(C)cc(C)c1. The molecule has 1 amide bonds. The van der Waals surface area contributed by atoms with Crippen LogP contribution in [0.25, 0.3) is 0 Å². The summed E-state index contributed by atoms with van der Waals surface area (Å²) in [5.41, 5.74) is 4.54. The molecule has 0 aliphatic rings. The van der Waals surface area contributed by atoms with Gasteiger partial charge in [-0.15, -0.1) is 0 Å². The summed E-state index contributed by atoms with van der Waals surface area (Å²) in [6.07, 6.45) is 0.106. The van der Waals surface area contributed by atoms with E-state index in [2.05, 4.69) is 17.4 Å². The van der Waals surface area contributed by atoms with Crippen LogP contribution < -0.4 is 14.8 Å². The molecule has 0 bridgehead atoms. The Bertz CT molecular complexity index is 735. The summed E-state index contributed by atoms with van der Waals surface area (Å²) in [5, 5.41) is 2.90. The predicted molar refractivity (Wildman–Crippen MR) is 105 cm³/mol. The van der Waals surface area contributed by atoms with E-state index >= 15 is 0 Å². The summed E-state index contributed by atoms with van der Waals surface area (Å²) in [4.78, 5) is 12.4. The lowest BCUT2D eigenvalue weighted by Crippen LogP contribution is -2.39. The maximum atomic E-state index is 12.4. The predicted octanol–water partition coefficient (Wildman–Crippen LogP) is 4.27. The van der Waals surface area contributed by atoms with Crippen molar-refractivity contribution in [1.82, 2.24) is 5.32 Å². The first-order chi connectivity index (χ1) is 12.4. The van der Waals surface area contributed by atoms with Gasteiger partial charge in [0, 0.05) is 0 Å². The Hall–Kier alpha value is -2.49. The third kappa shape index (κ3) is 5.80. The molecular weight excluding hydrogens is 326 g/mol. The van der Waals surface area contributed by atoms with Crippen LogP contribution in [0, 0.1) is 27.7 Å². The highest BCUT2D eigenvalue weighted by Gasteiger charge is 2.18. The number of carbonyl (C=O) groups is 1. The van der Waals surface area contributed by atoms with Crippen molar-refractivity contribution in [3.05, 3.63) is 58.7 Å². The third-order valence-electron chi connectivity index (χ3n) is 4.13. The molecule has 2 aromatic rings. The number of hydrogen-bond donors (Lipinski definition) is 1. The lowest BCUT2D eigenvalue weighted by Gasteiger charge is -2.19. The summed E-state index contributed by atoms with van der Waals surface area (Å²) in [7, 11) is 0. The fourth-order valence-corrected chi connectivity index (χ4v) is 2.88. The molecule has 0 heterocycles. The van der Waals surface area contributed by atoms with E-state index in [4.69, 9.17) is 9.47 Å². The van der Waals surface area contributed by atoms with Crippen molar-refractivity contribution in [3.8, 4) is 11.5 Å². The van der Waals surface area contributed by atoms with E-state index in [1.807, 2.05) is 58.9 Å². The molecule has 140 valence electrons.